The third-order valence-corrected chi connectivity index (χ3v) is 2.75. The summed E-state index contributed by atoms with van der Waals surface area (Å²) in [4.78, 5) is 27.0. The Bertz CT molecular complexity index is 347. The summed E-state index contributed by atoms with van der Waals surface area (Å²) in [6.07, 6.45) is 1.22. The summed E-state index contributed by atoms with van der Waals surface area (Å²) < 4.78 is 5.29. The maximum Gasteiger partial charge on any atom is 0.411 e. The fourth-order valence-corrected chi connectivity index (χ4v) is 1.82. The van der Waals surface area contributed by atoms with Crippen molar-refractivity contribution < 1.29 is 14.3 Å². The molecule has 1 saturated heterocycles. The number of hydrogen-bond donors (Lipinski definition) is 0. The highest BCUT2D eigenvalue weighted by Crippen LogP contribution is 2.16. The second-order valence-electron chi connectivity index (χ2n) is 5.34. The van der Waals surface area contributed by atoms with E-state index in [1.807, 2.05) is 6.92 Å². The summed E-state index contributed by atoms with van der Waals surface area (Å²) >= 11 is 0. The van der Waals surface area contributed by atoms with E-state index in [4.69, 9.17) is 4.74 Å². The number of nitrogens with zero attached hydrogens (tertiary/aromatic N) is 2. The van der Waals surface area contributed by atoms with Gasteiger partial charge in [0.15, 0.2) is 0 Å². The Labute approximate surface area is 108 Å². The van der Waals surface area contributed by atoms with Crippen molar-refractivity contribution in [2.75, 3.05) is 19.6 Å². The number of likely N-dealkylation sites (N-methyl/N-ethyl adjacent to an activating group) is 1. The van der Waals surface area contributed by atoms with Gasteiger partial charge in [-0.3, -0.25) is 9.69 Å². The average Bonchev–Trinajstić information content (AvgIpc) is 2.26. The Kier molecular flexibility index (Phi) is 4.38. The molecule has 0 unspecified atom stereocenters. The van der Waals surface area contributed by atoms with E-state index in [0.29, 0.717) is 13.1 Å². The minimum Gasteiger partial charge on any atom is -0.444 e. The quantitative estimate of drug-likeness (QED) is 0.704. The molecule has 1 atom stereocenters. The van der Waals surface area contributed by atoms with Crippen LogP contribution in [0.3, 0.4) is 0 Å². The van der Waals surface area contributed by atoms with Gasteiger partial charge in [-0.25, -0.2) is 4.79 Å². The lowest BCUT2D eigenvalue weighted by atomic mass is 10.1. The normalized spacial score (nSPS) is 20.9. The summed E-state index contributed by atoms with van der Waals surface area (Å²) in [6.45, 7) is 12.2. The van der Waals surface area contributed by atoms with Crippen molar-refractivity contribution >= 4 is 12.0 Å². The Morgan fingerprint density at radius 1 is 1.56 bits per heavy atom. The number of ether oxygens (including phenoxy) is 1. The molecule has 0 aliphatic carbocycles. The molecule has 0 aromatic heterocycles. The molecule has 1 rings (SSSR count). The van der Waals surface area contributed by atoms with Crippen LogP contribution in [0.25, 0.3) is 0 Å². The van der Waals surface area contributed by atoms with E-state index in [2.05, 4.69) is 6.58 Å². The van der Waals surface area contributed by atoms with Crippen molar-refractivity contribution in [3.05, 3.63) is 12.7 Å². The fraction of sp³-hybridized carbons (Fsp3) is 0.692. The molecule has 0 aromatic rings. The number of carbonyl (C=O) groups is 2. The molecular weight excluding hydrogens is 232 g/mol. The first-order chi connectivity index (χ1) is 8.28. The molecule has 0 N–H and O–H groups in total. The molecule has 5 heteroatoms. The van der Waals surface area contributed by atoms with Gasteiger partial charge in [0.05, 0.1) is 6.04 Å². The first-order valence-electron chi connectivity index (χ1n) is 6.18. The van der Waals surface area contributed by atoms with Gasteiger partial charge in [-0.1, -0.05) is 6.08 Å². The highest BCUT2D eigenvalue weighted by Gasteiger charge is 2.35. The van der Waals surface area contributed by atoms with Gasteiger partial charge in [-0.2, -0.15) is 0 Å². The van der Waals surface area contributed by atoms with Crippen molar-refractivity contribution in [1.29, 1.82) is 0 Å². The third-order valence-electron chi connectivity index (χ3n) is 2.75. The zero-order valence-corrected chi connectivity index (χ0v) is 11.6. The number of carbonyl (C=O) groups excluding carboxylic acids is 2. The van der Waals surface area contributed by atoms with Gasteiger partial charge in [-0.05, 0) is 27.7 Å². The molecule has 0 aromatic carbocycles. The van der Waals surface area contributed by atoms with E-state index >= 15 is 0 Å². The molecule has 0 bridgehead atoms. The lowest BCUT2D eigenvalue weighted by molar-refractivity contribution is -0.137. The lowest BCUT2D eigenvalue weighted by Gasteiger charge is -2.39. The molecular formula is C13H22N2O3. The maximum atomic E-state index is 12.0. The molecule has 102 valence electrons. The van der Waals surface area contributed by atoms with Gasteiger partial charge >= 0.3 is 6.09 Å². The van der Waals surface area contributed by atoms with Crippen LogP contribution < -0.4 is 0 Å². The molecule has 5 nitrogen and oxygen atoms in total. The summed E-state index contributed by atoms with van der Waals surface area (Å²) in [5.41, 5.74) is -0.562. The Hall–Kier alpha value is -1.52. The molecule has 1 heterocycles. The van der Waals surface area contributed by atoms with E-state index in [9.17, 15) is 9.59 Å². The van der Waals surface area contributed by atoms with Crippen molar-refractivity contribution in [3.63, 3.8) is 0 Å². The van der Waals surface area contributed by atoms with Gasteiger partial charge in [0.2, 0.25) is 5.91 Å². The van der Waals surface area contributed by atoms with E-state index in [1.54, 1.807) is 31.7 Å². The van der Waals surface area contributed by atoms with Crippen LogP contribution in [0, 0.1) is 0 Å². The standard InChI is InChI=1S/C13H22N2O3/c1-6-10-8-14(7-2)11(16)9-15(10)12(17)18-13(3,4)5/h6,10H,1,7-9H2,2-5H3/t10-/m1/s1. The molecule has 0 saturated carbocycles. The molecule has 18 heavy (non-hydrogen) atoms. The third kappa shape index (κ3) is 3.48. The highest BCUT2D eigenvalue weighted by molar-refractivity contribution is 5.84. The zero-order chi connectivity index (χ0) is 13.9. The predicted octanol–water partition coefficient (Wildman–Crippen LogP) is 1.64. The number of rotatable bonds is 2. The first-order valence-corrected chi connectivity index (χ1v) is 6.18. The molecule has 0 spiro atoms. The van der Waals surface area contributed by atoms with Gasteiger partial charge < -0.3 is 9.64 Å². The molecule has 1 aliphatic rings. The van der Waals surface area contributed by atoms with Crippen LogP contribution in [-0.2, 0) is 9.53 Å². The molecule has 0 radical (unpaired) electrons. The van der Waals surface area contributed by atoms with E-state index < -0.39 is 11.7 Å². The molecule has 1 aliphatic heterocycles. The SMILES string of the molecule is C=C[C@@H]1CN(CC)C(=O)CN1C(=O)OC(C)(C)C. The van der Waals surface area contributed by atoms with Crippen LogP contribution in [0.2, 0.25) is 0 Å². The second kappa shape index (κ2) is 5.42. The van der Waals surface area contributed by atoms with Crippen LogP contribution >= 0.6 is 0 Å². The maximum absolute atomic E-state index is 12.0. The van der Waals surface area contributed by atoms with E-state index in [0.717, 1.165) is 0 Å². The second-order valence-corrected chi connectivity index (χ2v) is 5.34. The Morgan fingerprint density at radius 2 is 2.17 bits per heavy atom. The van der Waals surface area contributed by atoms with Gasteiger partial charge in [-0.15, -0.1) is 6.58 Å². The average molecular weight is 254 g/mol. The number of amides is 2. The van der Waals surface area contributed by atoms with Crippen LogP contribution in [-0.4, -0.2) is 53.1 Å². The van der Waals surface area contributed by atoms with Crippen molar-refractivity contribution in [2.45, 2.75) is 39.3 Å². The van der Waals surface area contributed by atoms with Crippen molar-refractivity contribution in [2.24, 2.45) is 0 Å². The van der Waals surface area contributed by atoms with Crippen LogP contribution in [0.15, 0.2) is 12.7 Å². The first kappa shape index (κ1) is 14.5. The minimum absolute atomic E-state index is 0.0542. The Balaban J connectivity index is 2.78. The summed E-state index contributed by atoms with van der Waals surface area (Å²) in [5, 5.41) is 0. The summed E-state index contributed by atoms with van der Waals surface area (Å²) in [6, 6.07) is -0.183. The summed E-state index contributed by atoms with van der Waals surface area (Å²) in [5.74, 6) is -0.0542. The van der Waals surface area contributed by atoms with Crippen molar-refractivity contribution in [3.8, 4) is 0 Å². The number of piperazine rings is 1. The van der Waals surface area contributed by atoms with E-state index in [1.165, 1.54) is 4.90 Å². The minimum atomic E-state index is -0.562. The highest BCUT2D eigenvalue weighted by atomic mass is 16.6. The molecule has 1 fully saturated rings. The van der Waals surface area contributed by atoms with Gasteiger partial charge in [0.1, 0.15) is 12.1 Å². The van der Waals surface area contributed by atoms with Crippen molar-refractivity contribution in [1.82, 2.24) is 9.80 Å². The van der Waals surface area contributed by atoms with Crippen LogP contribution in [0.5, 0.6) is 0 Å². The zero-order valence-electron chi connectivity index (χ0n) is 11.6. The largest absolute Gasteiger partial charge is 0.444 e. The topological polar surface area (TPSA) is 49.9 Å². The smallest absolute Gasteiger partial charge is 0.411 e. The predicted molar refractivity (Wildman–Crippen MR) is 69.2 cm³/mol. The Morgan fingerprint density at radius 3 is 2.61 bits per heavy atom. The van der Waals surface area contributed by atoms with E-state index in [-0.39, 0.29) is 18.5 Å². The lowest BCUT2D eigenvalue weighted by Crippen LogP contribution is -2.57. The summed E-state index contributed by atoms with van der Waals surface area (Å²) in [7, 11) is 0. The fourth-order valence-electron chi connectivity index (χ4n) is 1.82. The van der Waals surface area contributed by atoms with Crippen LogP contribution in [0.4, 0.5) is 4.79 Å². The number of hydrogen-bond acceptors (Lipinski definition) is 3. The molecule has 2 amide bonds. The van der Waals surface area contributed by atoms with Gasteiger partial charge in [0, 0.05) is 13.1 Å². The van der Waals surface area contributed by atoms with Gasteiger partial charge in [0.25, 0.3) is 0 Å². The van der Waals surface area contributed by atoms with Crippen LogP contribution in [0.1, 0.15) is 27.7 Å². The monoisotopic (exact) mass is 254 g/mol.